The maximum absolute atomic E-state index is 12.2. The Labute approximate surface area is 123 Å². The minimum atomic E-state index is -3.28. The number of sulfone groups is 1. The Morgan fingerprint density at radius 1 is 1.29 bits per heavy atom. The van der Waals surface area contributed by atoms with Crippen molar-refractivity contribution < 1.29 is 8.42 Å². The Morgan fingerprint density at radius 2 is 2.05 bits per heavy atom. The molecule has 3 rings (SSSR count). The van der Waals surface area contributed by atoms with Crippen molar-refractivity contribution in [1.29, 1.82) is 0 Å². The molecule has 2 heterocycles. The Kier molecular flexibility index (Phi) is 3.79. The first-order valence-electron chi connectivity index (χ1n) is 7.19. The molecule has 1 aliphatic carbocycles. The average Bonchev–Trinajstić information content (AvgIpc) is 2.96. The summed E-state index contributed by atoms with van der Waals surface area (Å²) >= 11 is 0. The van der Waals surface area contributed by atoms with E-state index in [0.717, 1.165) is 12.8 Å². The standard InChI is InChI=1S/C13H19N5O2S/c1-2-17-8-12(14-16-17)10-21(19,20)9-11-6-7-18(15-11)13-4-3-5-13/h6-8,13H,2-5,9-10H2,1H3. The number of hydrogen-bond acceptors (Lipinski definition) is 5. The third kappa shape index (κ3) is 3.31. The molecule has 1 aliphatic rings. The van der Waals surface area contributed by atoms with Crippen molar-refractivity contribution in [2.75, 3.05) is 0 Å². The first-order chi connectivity index (χ1) is 10.1. The molecule has 1 saturated carbocycles. The van der Waals surface area contributed by atoms with Crippen LogP contribution in [0.2, 0.25) is 0 Å². The molecule has 0 radical (unpaired) electrons. The molecule has 114 valence electrons. The lowest BCUT2D eigenvalue weighted by Crippen LogP contribution is -2.18. The molecule has 0 unspecified atom stereocenters. The molecular formula is C13H19N5O2S. The van der Waals surface area contributed by atoms with Crippen LogP contribution in [0.1, 0.15) is 43.6 Å². The molecule has 21 heavy (non-hydrogen) atoms. The predicted molar refractivity (Wildman–Crippen MR) is 77.1 cm³/mol. The molecule has 8 heteroatoms. The van der Waals surface area contributed by atoms with Crippen LogP contribution in [0.4, 0.5) is 0 Å². The van der Waals surface area contributed by atoms with Gasteiger partial charge in [-0.3, -0.25) is 9.36 Å². The van der Waals surface area contributed by atoms with E-state index in [2.05, 4.69) is 15.4 Å². The second kappa shape index (κ2) is 5.59. The van der Waals surface area contributed by atoms with E-state index in [1.54, 1.807) is 16.9 Å². The maximum atomic E-state index is 12.2. The number of aryl methyl sites for hydroxylation is 1. The van der Waals surface area contributed by atoms with Crippen LogP contribution in [0.25, 0.3) is 0 Å². The summed E-state index contributed by atoms with van der Waals surface area (Å²) in [6.07, 6.45) is 7.04. The molecular weight excluding hydrogens is 290 g/mol. The Hall–Kier alpha value is -1.70. The zero-order valence-electron chi connectivity index (χ0n) is 12.0. The fourth-order valence-electron chi connectivity index (χ4n) is 2.37. The fourth-order valence-corrected chi connectivity index (χ4v) is 3.66. The van der Waals surface area contributed by atoms with E-state index in [1.807, 2.05) is 17.8 Å². The van der Waals surface area contributed by atoms with Crippen LogP contribution in [-0.4, -0.2) is 33.2 Å². The number of aromatic nitrogens is 5. The van der Waals surface area contributed by atoms with Gasteiger partial charge in [0.1, 0.15) is 0 Å². The minimum absolute atomic E-state index is 0.0499. The van der Waals surface area contributed by atoms with Crippen molar-refractivity contribution in [1.82, 2.24) is 24.8 Å². The van der Waals surface area contributed by atoms with E-state index in [1.165, 1.54) is 6.42 Å². The third-order valence-electron chi connectivity index (χ3n) is 3.76. The highest BCUT2D eigenvalue weighted by Gasteiger charge is 2.22. The molecule has 0 amide bonds. The zero-order chi connectivity index (χ0) is 14.9. The van der Waals surface area contributed by atoms with Gasteiger partial charge in [-0.15, -0.1) is 5.10 Å². The number of rotatable bonds is 6. The fraction of sp³-hybridized carbons (Fsp3) is 0.615. The summed E-state index contributed by atoms with van der Waals surface area (Å²) < 4.78 is 27.9. The van der Waals surface area contributed by atoms with Crippen LogP contribution >= 0.6 is 0 Å². The van der Waals surface area contributed by atoms with Crippen LogP contribution in [-0.2, 0) is 27.9 Å². The van der Waals surface area contributed by atoms with Crippen molar-refractivity contribution in [2.24, 2.45) is 0 Å². The third-order valence-corrected chi connectivity index (χ3v) is 5.23. The molecule has 2 aromatic heterocycles. The molecule has 2 aromatic rings. The van der Waals surface area contributed by atoms with Gasteiger partial charge in [-0.25, -0.2) is 8.42 Å². The van der Waals surface area contributed by atoms with Gasteiger partial charge in [-0.05, 0) is 32.3 Å². The monoisotopic (exact) mass is 309 g/mol. The number of hydrogen-bond donors (Lipinski definition) is 0. The van der Waals surface area contributed by atoms with Crippen LogP contribution in [0.15, 0.2) is 18.5 Å². The summed E-state index contributed by atoms with van der Waals surface area (Å²) in [5, 5.41) is 12.1. The maximum Gasteiger partial charge on any atom is 0.161 e. The van der Waals surface area contributed by atoms with Gasteiger partial charge in [-0.1, -0.05) is 5.21 Å². The molecule has 7 nitrogen and oxygen atoms in total. The Balaban J connectivity index is 1.66. The molecule has 0 atom stereocenters. The van der Waals surface area contributed by atoms with E-state index >= 15 is 0 Å². The second-order valence-corrected chi connectivity index (χ2v) is 7.53. The van der Waals surface area contributed by atoms with Crippen molar-refractivity contribution in [2.45, 2.75) is 50.3 Å². The molecule has 0 aliphatic heterocycles. The molecule has 0 bridgehead atoms. The Bertz CT molecular complexity index is 715. The lowest BCUT2D eigenvalue weighted by atomic mass is 9.93. The molecule has 1 fully saturated rings. The van der Waals surface area contributed by atoms with Gasteiger partial charge in [0.2, 0.25) is 0 Å². The summed E-state index contributed by atoms with van der Waals surface area (Å²) in [7, 11) is -3.28. The van der Waals surface area contributed by atoms with Crippen LogP contribution in [0, 0.1) is 0 Å². The minimum Gasteiger partial charge on any atom is -0.269 e. The van der Waals surface area contributed by atoms with Crippen molar-refractivity contribution >= 4 is 9.84 Å². The van der Waals surface area contributed by atoms with Gasteiger partial charge in [-0.2, -0.15) is 5.10 Å². The summed E-state index contributed by atoms with van der Waals surface area (Å²) in [5.41, 5.74) is 1.08. The van der Waals surface area contributed by atoms with Gasteiger partial charge in [0, 0.05) is 18.9 Å². The Morgan fingerprint density at radius 3 is 2.67 bits per heavy atom. The van der Waals surface area contributed by atoms with Gasteiger partial charge in [0.25, 0.3) is 0 Å². The van der Waals surface area contributed by atoms with Crippen molar-refractivity contribution in [3.8, 4) is 0 Å². The normalized spacial score (nSPS) is 16.0. The van der Waals surface area contributed by atoms with Crippen LogP contribution in [0.3, 0.4) is 0 Å². The van der Waals surface area contributed by atoms with Gasteiger partial charge < -0.3 is 0 Å². The quantitative estimate of drug-likeness (QED) is 0.804. The summed E-state index contributed by atoms with van der Waals surface area (Å²) in [5.74, 6) is -0.144. The molecule has 0 saturated heterocycles. The smallest absolute Gasteiger partial charge is 0.161 e. The average molecular weight is 309 g/mol. The van der Waals surface area contributed by atoms with E-state index in [0.29, 0.717) is 24.0 Å². The van der Waals surface area contributed by atoms with Crippen LogP contribution in [0.5, 0.6) is 0 Å². The SMILES string of the molecule is CCn1cc(CS(=O)(=O)Cc2ccn(C3CCC3)n2)nn1. The molecule has 0 N–H and O–H groups in total. The van der Waals surface area contributed by atoms with Crippen LogP contribution < -0.4 is 0 Å². The molecule has 0 spiro atoms. The topological polar surface area (TPSA) is 82.7 Å². The van der Waals surface area contributed by atoms with Gasteiger partial charge >= 0.3 is 0 Å². The van der Waals surface area contributed by atoms with E-state index < -0.39 is 9.84 Å². The highest BCUT2D eigenvalue weighted by Crippen LogP contribution is 2.30. The lowest BCUT2D eigenvalue weighted by Gasteiger charge is -2.25. The highest BCUT2D eigenvalue weighted by atomic mass is 32.2. The number of nitrogens with zero attached hydrogens (tertiary/aromatic N) is 5. The van der Waals surface area contributed by atoms with Crippen molar-refractivity contribution in [3.05, 3.63) is 29.8 Å². The van der Waals surface area contributed by atoms with E-state index in [9.17, 15) is 8.42 Å². The van der Waals surface area contributed by atoms with E-state index in [-0.39, 0.29) is 11.5 Å². The van der Waals surface area contributed by atoms with Gasteiger partial charge in [0.15, 0.2) is 9.84 Å². The highest BCUT2D eigenvalue weighted by molar-refractivity contribution is 7.89. The first kappa shape index (κ1) is 14.2. The molecule has 0 aromatic carbocycles. The zero-order valence-corrected chi connectivity index (χ0v) is 12.8. The lowest BCUT2D eigenvalue weighted by molar-refractivity contribution is 0.288. The summed E-state index contributed by atoms with van der Waals surface area (Å²) in [4.78, 5) is 0. The largest absolute Gasteiger partial charge is 0.269 e. The van der Waals surface area contributed by atoms with E-state index in [4.69, 9.17) is 0 Å². The summed E-state index contributed by atoms with van der Waals surface area (Å²) in [6.45, 7) is 2.61. The second-order valence-electron chi connectivity index (χ2n) is 5.47. The van der Waals surface area contributed by atoms with Crippen molar-refractivity contribution in [3.63, 3.8) is 0 Å². The summed E-state index contributed by atoms with van der Waals surface area (Å²) in [6, 6.07) is 2.24. The van der Waals surface area contributed by atoms with Gasteiger partial charge in [0.05, 0.1) is 28.9 Å². The first-order valence-corrected chi connectivity index (χ1v) is 9.01. The predicted octanol–water partition coefficient (Wildman–Crippen LogP) is 1.33.